The van der Waals surface area contributed by atoms with Gasteiger partial charge >= 0.3 is 12.4 Å². The van der Waals surface area contributed by atoms with E-state index < -0.39 is 29.3 Å². The first-order chi connectivity index (χ1) is 18.9. The summed E-state index contributed by atoms with van der Waals surface area (Å²) in [6.45, 7) is 0.168. The molecule has 216 valence electrons. The van der Waals surface area contributed by atoms with Crippen LogP contribution >= 0.6 is 11.3 Å². The molecular formula is C30H31F6NO2S. The highest BCUT2D eigenvalue weighted by molar-refractivity contribution is 7.12. The zero-order valence-electron chi connectivity index (χ0n) is 21.8. The zero-order chi connectivity index (χ0) is 28.5. The van der Waals surface area contributed by atoms with E-state index in [0.717, 1.165) is 61.2 Å². The summed E-state index contributed by atoms with van der Waals surface area (Å²) in [5.74, 6) is -1.10. The number of alkyl halides is 6. The Morgan fingerprint density at radius 3 is 1.95 bits per heavy atom. The Hall–Kier alpha value is -2.43. The van der Waals surface area contributed by atoms with Gasteiger partial charge in [-0.15, -0.1) is 11.3 Å². The maximum atomic E-state index is 13.3. The molecule has 40 heavy (non-hydrogen) atoms. The number of ether oxygens (including phenoxy) is 1. The molecule has 3 nitrogen and oxygen atoms in total. The molecule has 1 aliphatic heterocycles. The van der Waals surface area contributed by atoms with Gasteiger partial charge in [0.1, 0.15) is 6.61 Å². The second kappa shape index (κ2) is 11.4. The lowest BCUT2D eigenvalue weighted by Gasteiger charge is -2.22. The van der Waals surface area contributed by atoms with Crippen LogP contribution in [0.5, 0.6) is 0 Å². The van der Waals surface area contributed by atoms with Gasteiger partial charge in [-0.25, -0.2) is 4.98 Å². The summed E-state index contributed by atoms with van der Waals surface area (Å²) in [4.78, 5) is 5.50. The van der Waals surface area contributed by atoms with E-state index in [1.165, 1.54) is 48.4 Å². The van der Waals surface area contributed by atoms with Crippen LogP contribution in [0.15, 0.2) is 48.5 Å². The molecule has 1 saturated heterocycles. The van der Waals surface area contributed by atoms with Gasteiger partial charge in [-0.3, -0.25) is 0 Å². The standard InChI is InChI=1S/C30H31F6NO2S/c31-29(32,33)22-12-8-20(9-13-22)24(16-7-19-5-3-1-2-4-6-19)27-26(37-25(40-27)17-28(38)18-39-28)21-10-14-23(15-11-21)30(34,35)36/h8-15,19,24,38H,1-7,16-18H2. The number of hydrogen-bond donors (Lipinski definition) is 1. The fraction of sp³-hybridized carbons (Fsp3) is 0.500. The highest BCUT2D eigenvalue weighted by Crippen LogP contribution is 2.44. The fourth-order valence-electron chi connectivity index (χ4n) is 5.54. The van der Waals surface area contributed by atoms with Crippen molar-refractivity contribution in [3.05, 3.63) is 75.1 Å². The summed E-state index contributed by atoms with van der Waals surface area (Å²) < 4.78 is 84.8. The minimum Gasteiger partial charge on any atom is -0.363 e. The molecule has 1 N–H and O–H groups in total. The van der Waals surface area contributed by atoms with Crippen molar-refractivity contribution in [3.8, 4) is 11.3 Å². The molecule has 2 atom stereocenters. The fourth-order valence-corrected chi connectivity index (χ4v) is 6.89. The van der Waals surface area contributed by atoms with Crippen molar-refractivity contribution in [2.24, 2.45) is 5.92 Å². The van der Waals surface area contributed by atoms with Crippen molar-refractivity contribution in [1.82, 2.24) is 4.98 Å². The van der Waals surface area contributed by atoms with Gasteiger partial charge in [0.25, 0.3) is 0 Å². The molecule has 0 amide bonds. The Morgan fingerprint density at radius 1 is 0.875 bits per heavy atom. The second-order valence-corrected chi connectivity index (χ2v) is 12.0. The van der Waals surface area contributed by atoms with Crippen LogP contribution in [0.2, 0.25) is 0 Å². The van der Waals surface area contributed by atoms with Crippen LogP contribution in [0.4, 0.5) is 26.3 Å². The van der Waals surface area contributed by atoms with Crippen LogP contribution in [0.25, 0.3) is 11.3 Å². The van der Waals surface area contributed by atoms with E-state index in [1.807, 2.05) is 0 Å². The van der Waals surface area contributed by atoms with Crippen molar-refractivity contribution in [1.29, 1.82) is 0 Å². The molecule has 1 aliphatic carbocycles. The van der Waals surface area contributed by atoms with E-state index in [2.05, 4.69) is 0 Å². The molecular weight excluding hydrogens is 552 g/mol. The van der Waals surface area contributed by atoms with Crippen LogP contribution in [-0.2, 0) is 23.5 Å². The van der Waals surface area contributed by atoms with E-state index in [1.54, 1.807) is 0 Å². The van der Waals surface area contributed by atoms with Crippen LogP contribution in [-0.4, -0.2) is 22.5 Å². The minimum absolute atomic E-state index is 0.133. The smallest absolute Gasteiger partial charge is 0.363 e. The molecule has 5 rings (SSSR count). The number of halogens is 6. The highest BCUT2D eigenvalue weighted by atomic mass is 32.1. The first-order valence-corrected chi connectivity index (χ1v) is 14.4. The third kappa shape index (κ3) is 7.06. The van der Waals surface area contributed by atoms with Crippen molar-refractivity contribution in [2.45, 2.75) is 81.8 Å². The molecule has 10 heteroatoms. The number of aromatic nitrogens is 1. The van der Waals surface area contributed by atoms with Gasteiger partial charge in [-0.05, 0) is 48.6 Å². The van der Waals surface area contributed by atoms with Crippen LogP contribution in [0.1, 0.15) is 83.9 Å². The number of epoxide rings is 1. The Kier molecular flexibility index (Phi) is 8.32. The lowest BCUT2D eigenvalue weighted by atomic mass is 9.85. The molecule has 2 heterocycles. The van der Waals surface area contributed by atoms with Crippen LogP contribution in [0, 0.1) is 5.92 Å². The van der Waals surface area contributed by atoms with Crippen molar-refractivity contribution < 1.29 is 36.2 Å². The summed E-state index contributed by atoms with van der Waals surface area (Å²) in [6, 6.07) is 9.92. The van der Waals surface area contributed by atoms with E-state index in [9.17, 15) is 31.4 Å². The highest BCUT2D eigenvalue weighted by Gasteiger charge is 2.44. The molecule has 3 aromatic rings. The summed E-state index contributed by atoms with van der Waals surface area (Å²) >= 11 is 1.34. The van der Waals surface area contributed by atoms with Gasteiger partial charge in [0.2, 0.25) is 0 Å². The number of nitrogens with zero attached hydrogens (tertiary/aromatic N) is 1. The number of rotatable bonds is 8. The largest absolute Gasteiger partial charge is 0.416 e. The quantitative estimate of drug-likeness (QED) is 0.164. The first-order valence-electron chi connectivity index (χ1n) is 13.6. The molecule has 0 radical (unpaired) electrons. The minimum atomic E-state index is -4.48. The molecule has 2 unspecified atom stereocenters. The third-order valence-electron chi connectivity index (χ3n) is 7.88. The maximum Gasteiger partial charge on any atom is 0.416 e. The first kappa shape index (κ1) is 29.1. The summed E-state index contributed by atoms with van der Waals surface area (Å²) in [5, 5.41) is 10.9. The summed E-state index contributed by atoms with van der Waals surface area (Å²) in [6.07, 6.45) is -0.281. The number of thiazole rings is 1. The second-order valence-electron chi connectivity index (χ2n) is 10.9. The Morgan fingerprint density at radius 2 is 1.43 bits per heavy atom. The van der Waals surface area contributed by atoms with Crippen molar-refractivity contribution in [2.75, 3.05) is 6.61 Å². The van der Waals surface area contributed by atoms with Gasteiger partial charge in [-0.2, -0.15) is 26.3 Å². The molecule has 2 aromatic carbocycles. The van der Waals surface area contributed by atoms with Gasteiger partial charge in [0.05, 0.1) is 28.2 Å². The average Bonchev–Trinajstić information content (AvgIpc) is 3.58. The molecule has 1 aromatic heterocycles. The molecule has 2 fully saturated rings. The van der Waals surface area contributed by atoms with Gasteiger partial charge in [0, 0.05) is 16.4 Å². The van der Waals surface area contributed by atoms with Gasteiger partial charge in [0.15, 0.2) is 5.79 Å². The predicted molar refractivity (Wildman–Crippen MR) is 141 cm³/mol. The molecule has 2 aliphatic rings. The number of benzene rings is 2. The Labute approximate surface area is 233 Å². The lowest BCUT2D eigenvalue weighted by molar-refractivity contribution is -0.138. The maximum absolute atomic E-state index is 13.3. The van der Waals surface area contributed by atoms with Gasteiger partial charge in [-0.1, -0.05) is 62.8 Å². The van der Waals surface area contributed by atoms with E-state index >= 15 is 0 Å². The Balaban J connectivity index is 1.54. The molecule has 0 spiro atoms. The average molecular weight is 584 g/mol. The SMILES string of the molecule is OC1(Cc2nc(-c3ccc(C(F)(F)F)cc3)c(C(CCC3CCCCCC3)c3ccc(C(F)(F)F)cc3)s2)CO1. The monoisotopic (exact) mass is 583 g/mol. The normalized spacial score (nSPS) is 21.3. The van der Waals surface area contributed by atoms with Crippen molar-refractivity contribution in [3.63, 3.8) is 0 Å². The lowest BCUT2D eigenvalue weighted by Crippen LogP contribution is -2.12. The van der Waals surface area contributed by atoms with E-state index in [0.29, 0.717) is 34.2 Å². The molecule has 0 bridgehead atoms. The topological polar surface area (TPSA) is 45.7 Å². The van der Waals surface area contributed by atoms with Crippen molar-refractivity contribution >= 4 is 11.3 Å². The number of hydrogen-bond acceptors (Lipinski definition) is 4. The number of aliphatic hydroxyl groups is 1. The predicted octanol–water partition coefficient (Wildman–Crippen LogP) is 8.99. The van der Waals surface area contributed by atoms with Crippen LogP contribution in [0.3, 0.4) is 0 Å². The van der Waals surface area contributed by atoms with E-state index in [4.69, 9.17) is 9.72 Å². The van der Waals surface area contributed by atoms with Crippen LogP contribution < -0.4 is 0 Å². The molecule has 1 saturated carbocycles. The zero-order valence-corrected chi connectivity index (χ0v) is 22.6. The summed E-state index contributed by atoms with van der Waals surface area (Å²) in [7, 11) is 0. The van der Waals surface area contributed by atoms with E-state index in [-0.39, 0.29) is 18.9 Å². The Bertz CT molecular complexity index is 1270. The third-order valence-corrected chi connectivity index (χ3v) is 9.05. The van der Waals surface area contributed by atoms with Gasteiger partial charge < -0.3 is 9.84 Å². The summed E-state index contributed by atoms with van der Waals surface area (Å²) in [5.41, 5.74) is 0.164.